The topological polar surface area (TPSA) is 150 Å². The van der Waals surface area contributed by atoms with Gasteiger partial charge in [0.25, 0.3) is 0 Å². The Labute approximate surface area is 152 Å². The summed E-state index contributed by atoms with van der Waals surface area (Å²) in [7, 11) is 0. The van der Waals surface area contributed by atoms with Crippen LogP contribution in [0.5, 0.6) is 0 Å². The number of aliphatic hydroxyl groups excluding tert-OH is 1. The standard InChI is InChI=1S/C16H18FN3O7/c1-8(21)19-7-10(22)6-14(19)15(23)18-12(16(24)25)4-9-2-3-11(17)13(5-9)20(26)27/h2-3,5,10,12,14,22H,4,6-7H2,1H3,(H,18,23)(H,24,25)/t10-,12+,14+/m1/s1. The molecule has 1 aliphatic heterocycles. The number of nitrogens with one attached hydrogen (secondary N) is 1. The van der Waals surface area contributed by atoms with Crippen molar-refractivity contribution in [2.75, 3.05) is 6.54 Å². The Morgan fingerprint density at radius 1 is 1.44 bits per heavy atom. The molecule has 0 unspecified atom stereocenters. The number of carboxylic acids is 1. The number of benzene rings is 1. The Morgan fingerprint density at radius 3 is 2.67 bits per heavy atom. The number of rotatable bonds is 6. The minimum absolute atomic E-state index is 0.0280. The molecule has 0 aliphatic carbocycles. The highest BCUT2D eigenvalue weighted by Crippen LogP contribution is 2.21. The van der Waals surface area contributed by atoms with Gasteiger partial charge in [0.1, 0.15) is 12.1 Å². The molecular weight excluding hydrogens is 365 g/mol. The van der Waals surface area contributed by atoms with E-state index < -0.39 is 52.4 Å². The Kier molecular flexibility index (Phi) is 6.05. The third-order valence-electron chi connectivity index (χ3n) is 4.25. The fourth-order valence-electron chi connectivity index (χ4n) is 2.94. The third kappa shape index (κ3) is 4.76. The normalized spacial score (nSPS) is 20.2. The molecule has 0 aromatic heterocycles. The van der Waals surface area contributed by atoms with Crippen molar-refractivity contribution in [3.8, 4) is 0 Å². The van der Waals surface area contributed by atoms with Crippen LogP contribution in [0.2, 0.25) is 0 Å². The SMILES string of the molecule is CC(=O)N1C[C@H](O)C[C@H]1C(=O)N[C@@H](Cc1ccc(F)c([N+](=O)[O-])c1)C(=O)O. The molecule has 10 nitrogen and oxygen atoms in total. The third-order valence-corrected chi connectivity index (χ3v) is 4.25. The predicted octanol–water partition coefficient (Wildman–Crippen LogP) is -0.172. The van der Waals surface area contributed by atoms with Crippen molar-refractivity contribution in [2.24, 2.45) is 0 Å². The van der Waals surface area contributed by atoms with E-state index in [0.29, 0.717) is 0 Å². The Balaban J connectivity index is 2.15. The number of likely N-dealkylation sites (tertiary alicyclic amines) is 1. The van der Waals surface area contributed by atoms with E-state index in [-0.39, 0.29) is 24.9 Å². The summed E-state index contributed by atoms with van der Waals surface area (Å²) in [6, 6.07) is 0.472. The molecule has 1 aromatic carbocycles. The fraction of sp³-hybridized carbons (Fsp3) is 0.438. The highest BCUT2D eigenvalue weighted by molar-refractivity contribution is 5.90. The van der Waals surface area contributed by atoms with E-state index in [0.717, 1.165) is 17.0 Å². The first-order valence-electron chi connectivity index (χ1n) is 8.01. The minimum Gasteiger partial charge on any atom is -0.480 e. The second-order valence-corrected chi connectivity index (χ2v) is 6.22. The summed E-state index contributed by atoms with van der Waals surface area (Å²) in [6.45, 7) is 1.19. The van der Waals surface area contributed by atoms with E-state index in [1.807, 2.05) is 0 Å². The lowest BCUT2D eigenvalue weighted by molar-refractivity contribution is -0.387. The molecule has 1 heterocycles. The average molecular weight is 383 g/mol. The van der Waals surface area contributed by atoms with Gasteiger partial charge in [0.2, 0.25) is 17.6 Å². The zero-order chi connectivity index (χ0) is 20.3. The average Bonchev–Trinajstić information content (AvgIpc) is 2.97. The van der Waals surface area contributed by atoms with Crippen LogP contribution in [0.4, 0.5) is 10.1 Å². The van der Waals surface area contributed by atoms with E-state index >= 15 is 0 Å². The van der Waals surface area contributed by atoms with Gasteiger partial charge in [-0.3, -0.25) is 19.7 Å². The molecule has 27 heavy (non-hydrogen) atoms. The molecule has 3 atom stereocenters. The van der Waals surface area contributed by atoms with Gasteiger partial charge in [-0.2, -0.15) is 4.39 Å². The maximum atomic E-state index is 13.4. The molecule has 0 spiro atoms. The quantitative estimate of drug-likeness (QED) is 0.456. The predicted molar refractivity (Wildman–Crippen MR) is 88.1 cm³/mol. The summed E-state index contributed by atoms with van der Waals surface area (Å²) >= 11 is 0. The second kappa shape index (κ2) is 8.08. The lowest BCUT2D eigenvalue weighted by atomic mass is 10.0. The summed E-state index contributed by atoms with van der Waals surface area (Å²) in [5.41, 5.74) is -0.657. The number of carbonyl (C=O) groups is 3. The first-order valence-corrected chi connectivity index (χ1v) is 8.01. The van der Waals surface area contributed by atoms with Gasteiger partial charge in [-0.25, -0.2) is 4.79 Å². The number of amides is 2. The molecule has 2 rings (SSSR count). The van der Waals surface area contributed by atoms with Gasteiger partial charge < -0.3 is 20.4 Å². The van der Waals surface area contributed by atoms with E-state index in [9.17, 15) is 39.1 Å². The number of nitro groups is 1. The van der Waals surface area contributed by atoms with Gasteiger partial charge in [0, 0.05) is 32.4 Å². The molecule has 1 aliphatic rings. The maximum Gasteiger partial charge on any atom is 0.326 e. The molecule has 146 valence electrons. The van der Waals surface area contributed by atoms with Crippen molar-refractivity contribution in [1.29, 1.82) is 0 Å². The van der Waals surface area contributed by atoms with Gasteiger partial charge >= 0.3 is 11.7 Å². The highest BCUT2D eigenvalue weighted by Gasteiger charge is 2.38. The van der Waals surface area contributed by atoms with Crippen molar-refractivity contribution in [3.63, 3.8) is 0 Å². The van der Waals surface area contributed by atoms with Gasteiger partial charge in [-0.1, -0.05) is 6.07 Å². The van der Waals surface area contributed by atoms with Crippen LogP contribution in [0.3, 0.4) is 0 Å². The molecule has 1 saturated heterocycles. The molecule has 11 heteroatoms. The van der Waals surface area contributed by atoms with Crippen molar-refractivity contribution in [2.45, 2.75) is 38.0 Å². The Hall–Kier alpha value is -3.08. The number of β-amino-alcohol motifs (C(OH)–C–C–N with tert-alkyl or cyclic N) is 1. The molecule has 1 fully saturated rings. The van der Waals surface area contributed by atoms with Gasteiger partial charge in [0.05, 0.1) is 11.0 Å². The molecular formula is C16H18FN3O7. The summed E-state index contributed by atoms with van der Waals surface area (Å²) < 4.78 is 13.4. The van der Waals surface area contributed by atoms with E-state index in [1.165, 1.54) is 13.0 Å². The number of aliphatic hydroxyl groups is 1. The first kappa shape index (κ1) is 20.2. The fourth-order valence-corrected chi connectivity index (χ4v) is 2.94. The van der Waals surface area contributed by atoms with Crippen LogP contribution in [0.15, 0.2) is 18.2 Å². The number of nitrogens with zero attached hydrogens (tertiary/aromatic N) is 2. The van der Waals surface area contributed by atoms with Crippen LogP contribution in [0.25, 0.3) is 0 Å². The van der Waals surface area contributed by atoms with Crippen LogP contribution in [0.1, 0.15) is 18.9 Å². The molecule has 0 saturated carbocycles. The van der Waals surface area contributed by atoms with Crippen LogP contribution < -0.4 is 5.32 Å². The Morgan fingerprint density at radius 2 is 2.11 bits per heavy atom. The monoisotopic (exact) mass is 383 g/mol. The van der Waals surface area contributed by atoms with Crippen molar-refractivity contribution in [1.82, 2.24) is 10.2 Å². The number of aliphatic carboxylic acids is 1. The number of carboxylic acid groups (broad SMARTS) is 1. The van der Waals surface area contributed by atoms with Crippen LogP contribution in [-0.2, 0) is 20.8 Å². The van der Waals surface area contributed by atoms with E-state index in [2.05, 4.69) is 5.32 Å². The zero-order valence-electron chi connectivity index (χ0n) is 14.3. The van der Waals surface area contributed by atoms with Gasteiger partial charge in [0.15, 0.2) is 0 Å². The second-order valence-electron chi connectivity index (χ2n) is 6.22. The summed E-state index contributed by atoms with van der Waals surface area (Å²) in [4.78, 5) is 46.4. The molecule has 3 N–H and O–H groups in total. The van der Waals surface area contributed by atoms with E-state index in [4.69, 9.17) is 0 Å². The largest absolute Gasteiger partial charge is 0.480 e. The van der Waals surface area contributed by atoms with Crippen molar-refractivity contribution < 1.29 is 33.9 Å². The zero-order valence-corrected chi connectivity index (χ0v) is 14.3. The lowest BCUT2D eigenvalue weighted by Crippen LogP contribution is -2.51. The first-order chi connectivity index (χ1) is 12.6. The lowest BCUT2D eigenvalue weighted by Gasteiger charge is -2.24. The highest BCUT2D eigenvalue weighted by atomic mass is 19.1. The molecule has 0 radical (unpaired) electrons. The molecule has 2 amide bonds. The maximum absolute atomic E-state index is 13.4. The minimum atomic E-state index is -1.45. The summed E-state index contributed by atoms with van der Waals surface area (Å²) in [5, 5.41) is 32.1. The number of hydrogen-bond acceptors (Lipinski definition) is 6. The molecule has 0 bridgehead atoms. The number of halogens is 1. The number of nitro benzene ring substituents is 1. The van der Waals surface area contributed by atoms with E-state index in [1.54, 1.807) is 0 Å². The van der Waals surface area contributed by atoms with Crippen molar-refractivity contribution in [3.05, 3.63) is 39.7 Å². The smallest absolute Gasteiger partial charge is 0.326 e. The Bertz CT molecular complexity index is 785. The van der Waals surface area contributed by atoms with Crippen LogP contribution in [0, 0.1) is 15.9 Å². The van der Waals surface area contributed by atoms with Crippen molar-refractivity contribution >= 4 is 23.5 Å². The summed E-state index contributed by atoms with van der Waals surface area (Å²) in [6.07, 6.45) is -1.25. The number of carbonyl (C=O) groups excluding carboxylic acids is 2. The van der Waals surface area contributed by atoms with Gasteiger partial charge in [-0.15, -0.1) is 0 Å². The molecule has 1 aromatic rings. The van der Waals surface area contributed by atoms with Gasteiger partial charge in [-0.05, 0) is 11.6 Å². The summed E-state index contributed by atoms with van der Waals surface area (Å²) in [5.74, 6) is -3.65. The van der Waals surface area contributed by atoms with Crippen LogP contribution in [-0.4, -0.2) is 62.6 Å². The van der Waals surface area contributed by atoms with Crippen LogP contribution >= 0.6 is 0 Å². The number of hydrogen-bond donors (Lipinski definition) is 3.